The van der Waals surface area contributed by atoms with Gasteiger partial charge in [0.25, 0.3) is 5.56 Å². The van der Waals surface area contributed by atoms with Crippen LogP contribution >= 0.6 is 0 Å². The van der Waals surface area contributed by atoms with Crippen molar-refractivity contribution in [3.8, 4) is 6.07 Å². The molecule has 0 spiro atoms. The fraction of sp³-hybridized carbons (Fsp3) is 0.150. The van der Waals surface area contributed by atoms with E-state index in [2.05, 4.69) is 10.3 Å². The van der Waals surface area contributed by atoms with Gasteiger partial charge < -0.3 is 10.1 Å². The van der Waals surface area contributed by atoms with Gasteiger partial charge >= 0.3 is 5.97 Å². The number of hydrogen-bond donors (Lipinski definition) is 1. The molecule has 2 aromatic carbocycles. The molecule has 0 radical (unpaired) electrons. The summed E-state index contributed by atoms with van der Waals surface area (Å²) in [6.45, 7) is 0.933. The average molecular weight is 376 g/mol. The van der Waals surface area contributed by atoms with E-state index >= 15 is 0 Å². The molecular formula is C20H16N4O4. The Morgan fingerprint density at radius 2 is 1.89 bits per heavy atom. The molecule has 0 fully saturated rings. The fourth-order valence-corrected chi connectivity index (χ4v) is 2.66. The summed E-state index contributed by atoms with van der Waals surface area (Å²) in [5, 5.41) is 12.0. The Labute approximate surface area is 160 Å². The standard InChI is InChI=1S/C20H16N4O4/c1-13(25)22-15-8-6-14(7-9-15)20(27)28-12-18-23-17-5-3-2-4-16(17)19(26)24(18)11-10-21/h2-9H,11-12H2,1H3,(H,22,25). The molecule has 1 heterocycles. The molecule has 0 aliphatic rings. The van der Waals surface area contributed by atoms with Crippen LogP contribution in [0.2, 0.25) is 0 Å². The maximum atomic E-state index is 12.6. The van der Waals surface area contributed by atoms with Crippen LogP contribution in [0.1, 0.15) is 23.1 Å². The van der Waals surface area contributed by atoms with Crippen LogP contribution in [0.5, 0.6) is 0 Å². The monoisotopic (exact) mass is 376 g/mol. The number of hydrogen-bond acceptors (Lipinski definition) is 6. The number of amides is 1. The van der Waals surface area contributed by atoms with Crippen molar-refractivity contribution in [1.82, 2.24) is 9.55 Å². The zero-order valence-electron chi connectivity index (χ0n) is 15.0. The third-order valence-electron chi connectivity index (χ3n) is 3.94. The lowest BCUT2D eigenvalue weighted by Gasteiger charge is -2.11. The van der Waals surface area contributed by atoms with Gasteiger partial charge in [0.15, 0.2) is 5.82 Å². The van der Waals surface area contributed by atoms with Crippen LogP contribution in [-0.2, 0) is 22.7 Å². The van der Waals surface area contributed by atoms with Crippen molar-refractivity contribution < 1.29 is 14.3 Å². The number of fused-ring (bicyclic) bond motifs is 1. The van der Waals surface area contributed by atoms with Gasteiger partial charge in [-0.3, -0.25) is 14.2 Å². The first-order chi connectivity index (χ1) is 13.5. The Hall–Kier alpha value is -3.99. The number of nitrogens with one attached hydrogen (secondary N) is 1. The molecule has 1 aromatic heterocycles. The molecule has 1 amide bonds. The Bertz CT molecular complexity index is 1140. The molecule has 3 aromatic rings. The van der Waals surface area contributed by atoms with Crippen molar-refractivity contribution in [1.29, 1.82) is 5.26 Å². The Morgan fingerprint density at radius 1 is 1.18 bits per heavy atom. The molecule has 0 bridgehead atoms. The SMILES string of the molecule is CC(=O)Nc1ccc(C(=O)OCc2nc3ccccc3c(=O)n2CC#N)cc1. The number of benzene rings is 2. The predicted octanol–water partition coefficient (Wildman–Crippen LogP) is 2.24. The van der Waals surface area contributed by atoms with Crippen LogP contribution in [0.4, 0.5) is 5.69 Å². The second-order valence-electron chi connectivity index (χ2n) is 5.93. The Kier molecular flexibility index (Phi) is 5.46. The first kappa shape index (κ1) is 18.8. The van der Waals surface area contributed by atoms with Gasteiger partial charge in [-0.1, -0.05) is 12.1 Å². The second-order valence-corrected chi connectivity index (χ2v) is 5.93. The molecule has 0 aliphatic heterocycles. The van der Waals surface area contributed by atoms with Gasteiger partial charge in [0.2, 0.25) is 5.91 Å². The number of nitriles is 1. The lowest BCUT2D eigenvalue weighted by Crippen LogP contribution is -2.26. The first-order valence-corrected chi connectivity index (χ1v) is 8.40. The molecule has 0 unspecified atom stereocenters. The van der Waals surface area contributed by atoms with Crippen molar-refractivity contribution in [2.24, 2.45) is 0 Å². The summed E-state index contributed by atoms with van der Waals surface area (Å²) in [4.78, 5) is 40.2. The maximum absolute atomic E-state index is 12.6. The third kappa shape index (κ3) is 4.04. The van der Waals surface area contributed by atoms with E-state index in [-0.39, 0.29) is 36.0 Å². The normalized spacial score (nSPS) is 10.3. The van der Waals surface area contributed by atoms with Crippen LogP contribution in [-0.4, -0.2) is 21.4 Å². The number of nitrogens with zero attached hydrogens (tertiary/aromatic N) is 3. The lowest BCUT2D eigenvalue weighted by molar-refractivity contribution is -0.114. The highest BCUT2D eigenvalue weighted by Crippen LogP contribution is 2.12. The molecule has 0 atom stereocenters. The van der Waals surface area contributed by atoms with Crippen LogP contribution < -0.4 is 10.9 Å². The van der Waals surface area contributed by atoms with Crippen molar-refractivity contribution in [2.75, 3.05) is 5.32 Å². The van der Waals surface area contributed by atoms with Crippen LogP contribution in [0, 0.1) is 11.3 Å². The molecule has 8 heteroatoms. The first-order valence-electron chi connectivity index (χ1n) is 8.40. The van der Waals surface area contributed by atoms with Gasteiger partial charge in [0.05, 0.1) is 22.5 Å². The number of carbonyl (C=O) groups excluding carboxylic acids is 2. The molecule has 3 rings (SSSR count). The minimum absolute atomic E-state index is 0.188. The zero-order chi connectivity index (χ0) is 20.1. The Balaban J connectivity index is 1.82. The van der Waals surface area contributed by atoms with E-state index in [1.807, 2.05) is 6.07 Å². The van der Waals surface area contributed by atoms with Gasteiger partial charge in [-0.05, 0) is 36.4 Å². The van der Waals surface area contributed by atoms with Crippen LogP contribution in [0.25, 0.3) is 10.9 Å². The molecule has 1 N–H and O–H groups in total. The van der Waals surface area contributed by atoms with Crippen molar-refractivity contribution in [2.45, 2.75) is 20.1 Å². The summed E-state index contributed by atoms with van der Waals surface area (Å²) in [6, 6.07) is 14.9. The number of carbonyl (C=O) groups is 2. The summed E-state index contributed by atoms with van der Waals surface area (Å²) in [5.74, 6) is -0.637. The van der Waals surface area contributed by atoms with E-state index in [4.69, 9.17) is 10.00 Å². The number of aromatic nitrogens is 2. The zero-order valence-corrected chi connectivity index (χ0v) is 15.0. The lowest BCUT2D eigenvalue weighted by atomic mass is 10.2. The molecule has 0 aliphatic carbocycles. The second kappa shape index (κ2) is 8.14. The highest BCUT2D eigenvalue weighted by Gasteiger charge is 2.14. The summed E-state index contributed by atoms with van der Waals surface area (Å²) in [7, 11) is 0. The van der Waals surface area contributed by atoms with Crippen LogP contribution in [0.3, 0.4) is 0 Å². The highest BCUT2D eigenvalue weighted by molar-refractivity contribution is 5.92. The van der Waals surface area contributed by atoms with Gasteiger partial charge in [0.1, 0.15) is 13.2 Å². The van der Waals surface area contributed by atoms with Gasteiger partial charge in [-0.15, -0.1) is 0 Å². The molecule has 0 saturated carbocycles. The number of para-hydroxylation sites is 1. The largest absolute Gasteiger partial charge is 0.454 e. The predicted molar refractivity (Wildman–Crippen MR) is 101 cm³/mol. The van der Waals surface area contributed by atoms with E-state index < -0.39 is 5.97 Å². The Morgan fingerprint density at radius 3 is 2.57 bits per heavy atom. The number of rotatable bonds is 5. The topological polar surface area (TPSA) is 114 Å². The maximum Gasteiger partial charge on any atom is 0.338 e. The van der Waals surface area contributed by atoms with E-state index in [1.165, 1.54) is 23.6 Å². The number of esters is 1. The van der Waals surface area contributed by atoms with Gasteiger partial charge in [0, 0.05) is 12.6 Å². The van der Waals surface area contributed by atoms with Crippen molar-refractivity contribution >= 4 is 28.5 Å². The summed E-state index contributed by atoms with van der Waals surface area (Å²) < 4.78 is 6.46. The summed E-state index contributed by atoms with van der Waals surface area (Å²) in [6.07, 6.45) is 0. The van der Waals surface area contributed by atoms with Gasteiger partial charge in [-0.25, -0.2) is 9.78 Å². The minimum atomic E-state index is -0.611. The summed E-state index contributed by atoms with van der Waals surface area (Å²) in [5.41, 5.74) is 0.942. The van der Waals surface area contributed by atoms with Gasteiger partial charge in [-0.2, -0.15) is 5.26 Å². The molecule has 0 saturated heterocycles. The molecule has 28 heavy (non-hydrogen) atoms. The molecule has 140 valence electrons. The fourth-order valence-electron chi connectivity index (χ4n) is 2.66. The van der Waals surface area contributed by atoms with Crippen molar-refractivity contribution in [3.63, 3.8) is 0 Å². The van der Waals surface area contributed by atoms with E-state index in [0.29, 0.717) is 16.6 Å². The van der Waals surface area contributed by atoms with E-state index in [1.54, 1.807) is 36.4 Å². The number of anilines is 1. The average Bonchev–Trinajstić information content (AvgIpc) is 2.69. The minimum Gasteiger partial charge on any atom is -0.454 e. The third-order valence-corrected chi connectivity index (χ3v) is 3.94. The van der Waals surface area contributed by atoms with E-state index in [0.717, 1.165) is 0 Å². The highest BCUT2D eigenvalue weighted by atomic mass is 16.5. The van der Waals surface area contributed by atoms with Crippen LogP contribution in [0.15, 0.2) is 53.3 Å². The quantitative estimate of drug-likeness (QED) is 0.683. The smallest absolute Gasteiger partial charge is 0.338 e. The molecule has 8 nitrogen and oxygen atoms in total. The van der Waals surface area contributed by atoms with Crippen molar-refractivity contribution in [3.05, 3.63) is 70.3 Å². The molecular weight excluding hydrogens is 360 g/mol. The van der Waals surface area contributed by atoms with E-state index in [9.17, 15) is 14.4 Å². The number of ether oxygens (including phenoxy) is 1. The summed E-state index contributed by atoms with van der Waals surface area (Å²) >= 11 is 0.